The molecule has 32 heavy (non-hydrogen) atoms. The number of alkyl halides is 3. The van der Waals surface area contributed by atoms with E-state index >= 15 is 0 Å². The Morgan fingerprint density at radius 3 is 2.69 bits per heavy atom. The lowest BCUT2D eigenvalue weighted by Crippen LogP contribution is -2.10. The Hall–Kier alpha value is -3.66. The third kappa shape index (κ3) is 3.73. The van der Waals surface area contributed by atoms with Gasteiger partial charge in [-0.25, -0.2) is 9.97 Å². The van der Waals surface area contributed by atoms with Gasteiger partial charge in [0.05, 0.1) is 29.3 Å². The number of halogens is 3. The van der Waals surface area contributed by atoms with Gasteiger partial charge in [0.25, 0.3) is 0 Å². The molecule has 0 aliphatic heterocycles. The smallest absolute Gasteiger partial charge is 0.433 e. The summed E-state index contributed by atoms with van der Waals surface area (Å²) in [6, 6.07) is 12.1. The van der Waals surface area contributed by atoms with Crippen molar-refractivity contribution in [2.24, 2.45) is 0 Å². The highest BCUT2D eigenvalue weighted by Crippen LogP contribution is 2.40. The number of para-hydroxylation sites is 1. The maximum Gasteiger partial charge on any atom is 0.433 e. The van der Waals surface area contributed by atoms with Crippen molar-refractivity contribution in [3.05, 3.63) is 66.7 Å². The molecule has 0 amide bonds. The first kappa shape index (κ1) is 20.3. The molecule has 0 bridgehead atoms. The lowest BCUT2D eigenvalue weighted by atomic mass is 10.1. The molecule has 1 N–H and O–H groups in total. The predicted octanol–water partition coefficient (Wildman–Crippen LogP) is 6.32. The lowest BCUT2D eigenvalue weighted by molar-refractivity contribution is -0.141. The molecule has 6 nitrogen and oxygen atoms in total. The van der Waals surface area contributed by atoms with Crippen LogP contribution in [0.2, 0.25) is 0 Å². The number of benzene rings is 1. The van der Waals surface area contributed by atoms with Gasteiger partial charge in [0.2, 0.25) is 0 Å². The Kier molecular flexibility index (Phi) is 4.93. The molecular formula is C22H14F3N5OS. The molecule has 160 valence electrons. The summed E-state index contributed by atoms with van der Waals surface area (Å²) in [7, 11) is 0. The van der Waals surface area contributed by atoms with E-state index in [4.69, 9.17) is 4.42 Å². The molecule has 0 saturated carbocycles. The number of fused-ring (bicyclic) bond motifs is 2. The van der Waals surface area contributed by atoms with Crippen LogP contribution >= 0.6 is 11.8 Å². The summed E-state index contributed by atoms with van der Waals surface area (Å²) >= 11 is 1.02. The second-order valence-corrected chi connectivity index (χ2v) is 7.62. The van der Waals surface area contributed by atoms with Gasteiger partial charge in [-0.2, -0.15) is 13.2 Å². The first-order chi connectivity index (χ1) is 15.4. The van der Waals surface area contributed by atoms with Crippen LogP contribution in [0.15, 0.2) is 70.6 Å². The minimum atomic E-state index is -4.62. The van der Waals surface area contributed by atoms with Crippen LogP contribution < -0.4 is 5.32 Å². The molecule has 0 aliphatic rings. The van der Waals surface area contributed by atoms with Gasteiger partial charge >= 0.3 is 6.18 Å². The molecule has 0 radical (unpaired) electrons. The Balaban J connectivity index is 1.68. The number of nitrogens with zero attached hydrogens (tertiary/aromatic N) is 4. The maximum atomic E-state index is 13.4. The largest absolute Gasteiger partial charge is 0.451 e. The number of anilines is 2. The van der Waals surface area contributed by atoms with E-state index in [0.29, 0.717) is 22.3 Å². The van der Waals surface area contributed by atoms with Crippen molar-refractivity contribution < 1.29 is 17.6 Å². The van der Waals surface area contributed by atoms with Crippen LogP contribution in [0.25, 0.3) is 33.3 Å². The Labute approximate surface area is 183 Å². The summed E-state index contributed by atoms with van der Waals surface area (Å²) in [5.41, 5.74) is 1.34. The minimum Gasteiger partial charge on any atom is -0.451 e. The zero-order valence-electron chi connectivity index (χ0n) is 16.5. The van der Waals surface area contributed by atoms with Gasteiger partial charge in [0, 0.05) is 17.0 Å². The molecule has 4 aromatic heterocycles. The normalized spacial score (nSPS) is 11.9. The van der Waals surface area contributed by atoms with Gasteiger partial charge in [0.15, 0.2) is 16.5 Å². The fraction of sp³-hybridized carbons (Fsp3) is 0.0909. The van der Waals surface area contributed by atoms with Gasteiger partial charge in [-0.15, -0.1) is 0 Å². The summed E-state index contributed by atoms with van der Waals surface area (Å²) in [5, 5.41) is 4.81. The Morgan fingerprint density at radius 1 is 1.03 bits per heavy atom. The predicted molar refractivity (Wildman–Crippen MR) is 117 cm³/mol. The maximum absolute atomic E-state index is 13.4. The number of nitrogens with one attached hydrogen (secondary N) is 1. The number of hydrogen-bond acceptors (Lipinski definition) is 7. The highest BCUT2D eigenvalue weighted by molar-refractivity contribution is 7.98. The fourth-order valence-electron chi connectivity index (χ4n) is 3.32. The molecule has 0 unspecified atom stereocenters. The number of pyridine rings is 2. The van der Waals surface area contributed by atoms with Crippen LogP contribution in [0.4, 0.5) is 24.5 Å². The van der Waals surface area contributed by atoms with Crippen LogP contribution in [-0.2, 0) is 6.18 Å². The van der Waals surface area contributed by atoms with E-state index in [9.17, 15) is 13.2 Å². The molecular weight excluding hydrogens is 439 g/mol. The second kappa shape index (κ2) is 7.79. The van der Waals surface area contributed by atoms with Gasteiger partial charge in [-0.1, -0.05) is 30.0 Å². The van der Waals surface area contributed by atoms with Crippen LogP contribution in [0.3, 0.4) is 0 Å². The molecule has 4 heterocycles. The van der Waals surface area contributed by atoms with Gasteiger partial charge in [-0.3, -0.25) is 9.97 Å². The SMILES string of the molecule is CSc1nc(-c2oc3cnccc3c2Nc2cnc3ccccc3c2)cc(C(F)(F)F)n1. The summed E-state index contributed by atoms with van der Waals surface area (Å²) < 4.78 is 46.2. The summed E-state index contributed by atoms with van der Waals surface area (Å²) in [5.74, 6) is 0.157. The number of furan rings is 1. The molecule has 0 atom stereocenters. The topological polar surface area (TPSA) is 76.7 Å². The Bertz CT molecular complexity index is 1450. The van der Waals surface area contributed by atoms with E-state index in [0.717, 1.165) is 28.7 Å². The van der Waals surface area contributed by atoms with Crippen molar-refractivity contribution in [1.82, 2.24) is 19.9 Å². The number of thioether (sulfide) groups is 1. The number of hydrogen-bond donors (Lipinski definition) is 1. The molecule has 0 fully saturated rings. The average molecular weight is 453 g/mol. The Morgan fingerprint density at radius 2 is 1.88 bits per heavy atom. The molecule has 1 aromatic carbocycles. The van der Waals surface area contributed by atoms with Gasteiger partial charge in [-0.05, 0) is 30.5 Å². The van der Waals surface area contributed by atoms with E-state index in [1.54, 1.807) is 24.7 Å². The van der Waals surface area contributed by atoms with Crippen molar-refractivity contribution in [2.45, 2.75) is 11.3 Å². The summed E-state index contributed by atoms with van der Waals surface area (Å²) in [4.78, 5) is 16.3. The fourth-order valence-corrected chi connectivity index (χ4v) is 3.70. The molecule has 5 aromatic rings. The highest BCUT2D eigenvalue weighted by Gasteiger charge is 2.34. The first-order valence-electron chi connectivity index (χ1n) is 9.41. The third-order valence-corrected chi connectivity index (χ3v) is 5.31. The van der Waals surface area contributed by atoms with Crippen LogP contribution in [0.1, 0.15) is 5.69 Å². The molecule has 0 aliphatic carbocycles. The molecule has 5 rings (SSSR count). The van der Waals surface area contributed by atoms with Gasteiger partial charge in [0.1, 0.15) is 11.4 Å². The van der Waals surface area contributed by atoms with Crippen molar-refractivity contribution >= 4 is 45.0 Å². The zero-order valence-corrected chi connectivity index (χ0v) is 17.3. The molecule has 0 spiro atoms. The van der Waals surface area contributed by atoms with Crippen LogP contribution in [0, 0.1) is 0 Å². The van der Waals surface area contributed by atoms with E-state index < -0.39 is 11.9 Å². The molecule has 10 heteroatoms. The average Bonchev–Trinajstić information content (AvgIpc) is 3.16. The summed E-state index contributed by atoms with van der Waals surface area (Å²) in [6.07, 6.45) is 1.73. The number of aromatic nitrogens is 4. The monoisotopic (exact) mass is 453 g/mol. The van der Waals surface area contributed by atoms with Crippen molar-refractivity contribution in [2.75, 3.05) is 11.6 Å². The lowest BCUT2D eigenvalue weighted by Gasteiger charge is -2.11. The van der Waals surface area contributed by atoms with Crippen LogP contribution in [-0.4, -0.2) is 26.2 Å². The van der Waals surface area contributed by atoms with E-state index in [1.165, 1.54) is 6.20 Å². The van der Waals surface area contributed by atoms with E-state index in [2.05, 4.69) is 25.3 Å². The first-order valence-corrected chi connectivity index (χ1v) is 10.6. The zero-order chi connectivity index (χ0) is 22.3. The quantitative estimate of drug-likeness (QED) is 0.252. The minimum absolute atomic E-state index is 0.00766. The number of rotatable bonds is 4. The van der Waals surface area contributed by atoms with E-state index in [-0.39, 0.29) is 16.6 Å². The second-order valence-electron chi connectivity index (χ2n) is 6.84. The highest BCUT2D eigenvalue weighted by atomic mass is 32.2. The van der Waals surface area contributed by atoms with Gasteiger partial charge < -0.3 is 9.73 Å². The molecule has 0 saturated heterocycles. The van der Waals surface area contributed by atoms with Crippen molar-refractivity contribution in [3.8, 4) is 11.5 Å². The standard InChI is InChI=1S/C22H14F3N5OS/c1-32-21-29-16(9-18(30-21)22(23,24)25)20-19(14-6-7-26-11-17(14)31-20)28-13-8-12-4-2-3-5-15(12)27-10-13/h2-11,28H,1H3. The van der Waals surface area contributed by atoms with Crippen molar-refractivity contribution in [1.29, 1.82) is 0 Å². The third-order valence-electron chi connectivity index (χ3n) is 4.76. The summed E-state index contributed by atoms with van der Waals surface area (Å²) in [6.45, 7) is 0. The van der Waals surface area contributed by atoms with Crippen molar-refractivity contribution in [3.63, 3.8) is 0 Å². The van der Waals surface area contributed by atoms with Crippen LogP contribution in [0.5, 0.6) is 0 Å². The van der Waals surface area contributed by atoms with E-state index in [1.807, 2.05) is 30.3 Å².